The molecule has 0 atom stereocenters. The summed E-state index contributed by atoms with van der Waals surface area (Å²) in [5.74, 6) is 0.730. The molecule has 3 nitrogen and oxygen atoms in total. The van der Waals surface area contributed by atoms with E-state index in [9.17, 15) is 0 Å². The van der Waals surface area contributed by atoms with Gasteiger partial charge in [0, 0.05) is 22.0 Å². The molecule has 0 aliphatic rings. The average molecular weight is 422 g/mol. The van der Waals surface area contributed by atoms with Gasteiger partial charge in [0.05, 0.1) is 11.1 Å². The fourth-order valence-electron chi connectivity index (χ4n) is 4.91. The molecular weight excluding hydrogens is 402 g/mol. The Labute approximate surface area is 190 Å². The Morgan fingerprint density at radius 1 is 0.485 bits per heavy atom. The van der Waals surface area contributed by atoms with Crippen molar-refractivity contribution in [3.8, 4) is 22.6 Å². The Balaban J connectivity index is 1.64. The second-order valence-electron chi connectivity index (χ2n) is 8.34. The predicted octanol–water partition coefficient (Wildman–Crippen LogP) is 7.75. The summed E-state index contributed by atoms with van der Waals surface area (Å²) in [7, 11) is 0. The summed E-state index contributed by atoms with van der Waals surface area (Å²) in [6.07, 6.45) is 0. The summed E-state index contributed by atoms with van der Waals surface area (Å²) in [5.41, 5.74) is 5.04. The third-order valence-electron chi connectivity index (χ3n) is 6.43. The van der Waals surface area contributed by atoms with Gasteiger partial charge in [0.1, 0.15) is 5.65 Å². The van der Waals surface area contributed by atoms with Crippen LogP contribution in [0.15, 0.2) is 109 Å². The van der Waals surface area contributed by atoms with Crippen LogP contribution in [0.25, 0.3) is 66.1 Å². The number of hydrogen-bond donors (Lipinski definition) is 1. The van der Waals surface area contributed by atoms with Crippen LogP contribution in [-0.2, 0) is 0 Å². The van der Waals surface area contributed by atoms with Crippen molar-refractivity contribution in [2.45, 2.75) is 0 Å². The number of fused-ring (bicyclic) bond motifs is 5. The van der Waals surface area contributed by atoms with E-state index in [1.54, 1.807) is 0 Å². The first-order valence-corrected chi connectivity index (χ1v) is 11.1. The molecule has 2 heterocycles. The van der Waals surface area contributed by atoms with Gasteiger partial charge in [0.25, 0.3) is 0 Å². The van der Waals surface area contributed by atoms with Crippen molar-refractivity contribution in [3.63, 3.8) is 0 Å². The monoisotopic (exact) mass is 421 g/mol. The molecule has 3 heteroatoms. The van der Waals surface area contributed by atoms with E-state index in [-0.39, 0.29) is 0 Å². The molecule has 1 N–H and O–H groups in total. The number of aromatic nitrogens is 3. The molecule has 7 aromatic rings. The lowest BCUT2D eigenvalue weighted by molar-refractivity contribution is 1.22. The highest BCUT2D eigenvalue weighted by Gasteiger charge is 2.18. The Morgan fingerprint density at radius 2 is 1.06 bits per heavy atom. The van der Waals surface area contributed by atoms with Crippen molar-refractivity contribution in [1.82, 2.24) is 15.0 Å². The number of H-pyrrole nitrogens is 1. The quantitative estimate of drug-likeness (QED) is 0.310. The zero-order chi connectivity index (χ0) is 21.8. The molecule has 0 unspecified atom stereocenters. The van der Waals surface area contributed by atoms with Gasteiger partial charge in [-0.3, -0.25) is 0 Å². The summed E-state index contributed by atoms with van der Waals surface area (Å²) in [4.78, 5) is 13.8. The summed E-state index contributed by atoms with van der Waals surface area (Å²) >= 11 is 0. The second kappa shape index (κ2) is 7.01. The Bertz CT molecular complexity index is 1820. The third kappa shape index (κ3) is 2.76. The van der Waals surface area contributed by atoms with Crippen LogP contribution in [0.3, 0.4) is 0 Å². The van der Waals surface area contributed by atoms with Gasteiger partial charge in [0.15, 0.2) is 5.82 Å². The van der Waals surface area contributed by atoms with E-state index in [1.165, 1.54) is 16.2 Å². The van der Waals surface area contributed by atoms with E-state index in [1.807, 2.05) is 6.07 Å². The molecule has 0 saturated heterocycles. The number of aromatic amines is 1. The molecule has 7 rings (SSSR count). The topological polar surface area (TPSA) is 41.6 Å². The maximum Gasteiger partial charge on any atom is 0.162 e. The van der Waals surface area contributed by atoms with Crippen molar-refractivity contribution in [2.24, 2.45) is 0 Å². The van der Waals surface area contributed by atoms with Crippen molar-refractivity contribution >= 4 is 43.5 Å². The molecule has 5 aromatic carbocycles. The normalized spacial score (nSPS) is 11.6. The van der Waals surface area contributed by atoms with E-state index in [2.05, 4.69) is 108 Å². The molecule has 2 aromatic heterocycles. The van der Waals surface area contributed by atoms with Crippen LogP contribution >= 0.6 is 0 Å². The summed E-state index contributed by atoms with van der Waals surface area (Å²) in [5, 5.41) is 6.93. The fourth-order valence-corrected chi connectivity index (χ4v) is 4.91. The molecule has 33 heavy (non-hydrogen) atoms. The van der Waals surface area contributed by atoms with Crippen LogP contribution in [0.4, 0.5) is 0 Å². The lowest BCUT2D eigenvalue weighted by atomic mass is 9.98. The van der Waals surface area contributed by atoms with Gasteiger partial charge in [-0.1, -0.05) is 103 Å². The van der Waals surface area contributed by atoms with Crippen molar-refractivity contribution in [1.29, 1.82) is 0 Å². The minimum Gasteiger partial charge on any atom is -0.339 e. The van der Waals surface area contributed by atoms with Gasteiger partial charge in [-0.25, -0.2) is 9.97 Å². The van der Waals surface area contributed by atoms with E-state index >= 15 is 0 Å². The molecule has 0 bridgehead atoms. The van der Waals surface area contributed by atoms with Gasteiger partial charge in [-0.15, -0.1) is 0 Å². The van der Waals surface area contributed by atoms with Gasteiger partial charge >= 0.3 is 0 Å². The van der Waals surface area contributed by atoms with Crippen LogP contribution in [0, 0.1) is 0 Å². The molecule has 0 aliphatic carbocycles. The lowest BCUT2D eigenvalue weighted by Gasteiger charge is -2.11. The number of nitrogens with zero attached hydrogens (tertiary/aromatic N) is 2. The molecule has 0 fully saturated rings. The van der Waals surface area contributed by atoms with E-state index in [4.69, 9.17) is 9.97 Å². The standard InChI is InChI=1S/C30H19N3/c1-3-13-21-19(9-1)11-7-16-23(21)28-27-25-15-5-6-18-26(25)31-30(27)33-29(32-28)24-17-8-12-20-10-2-4-14-22(20)24/h1-18H,(H,31,32,33). The largest absolute Gasteiger partial charge is 0.339 e. The van der Waals surface area contributed by atoms with Crippen LogP contribution in [0.2, 0.25) is 0 Å². The first-order chi connectivity index (χ1) is 16.4. The maximum absolute atomic E-state index is 5.23. The maximum atomic E-state index is 5.23. The van der Waals surface area contributed by atoms with Crippen molar-refractivity contribution < 1.29 is 0 Å². The SMILES string of the molecule is c1ccc2c(-c3nc(-c4cccc5ccccc45)c4c(n3)[nH]c3ccccc34)cccc2c1. The minimum atomic E-state index is 0.730. The number of hydrogen-bond acceptors (Lipinski definition) is 2. The Kier molecular flexibility index (Phi) is 3.84. The Hall–Kier alpha value is -4.50. The molecule has 0 saturated carbocycles. The summed E-state index contributed by atoms with van der Waals surface area (Å²) < 4.78 is 0. The van der Waals surface area contributed by atoms with Crippen LogP contribution in [0.5, 0.6) is 0 Å². The fraction of sp³-hybridized carbons (Fsp3) is 0. The van der Waals surface area contributed by atoms with Crippen LogP contribution in [0.1, 0.15) is 0 Å². The van der Waals surface area contributed by atoms with Crippen LogP contribution < -0.4 is 0 Å². The summed E-state index contributed by atoms with van der Waals surface area (Å²) in [6, 6.07) is 38.0. The van der Waals surface area contributed by atoms with Gasteiger partial charge < -0.3 is 4.98 Å². The summed E-state index contributed by atoms with van der Waals surface area (Å²) in [6.45, 7) is 0. The molecule has 0 radical (unpaired) electrons. The smallest absolute Gasteiger partial charge is 0.162 e. The molecule has 0 amide bonds. The zero-order valence-electron chi connectivity index (χ0n) is 17.8. The zero-order valence-corrected chi connectivity index (χ0v) is 17.8. The number of para-hydroxylation sites is 1. The minimum absolute atomic E-state index is 0.730. The second-order valence-corrected chi connectivity index (χ2v) is 8.34. The molecule has 0 aliphatic heterocycles. The Morgan fingerprint density at radius 3 is 1.82 bits per heavy atom. The molecular formula is C30H19N3. The van der Waals surface area contributed by atoms with E-state index in [0.29, 0.717) is 0 Å². The number of rotatable bonds is 2. The van der Waals surface area contributed by atoms with E-state index in [0.717, 1.165) is 50.0 Å². The van der Waals surface area contributed by atoms with Crippen molar-refractivity contribution in [2.75, 3.05) is 0 Å². The highest BCUT2D eigenvalue weighted by Crippen LogP contribution is 2.38. The van der Waals surface area contributed by atoms with Crippen LogP contribution in [-0.4, -0.2) is 15.0 Å². The average Bonchev–Trinajstić information content (AvgIpc) is 3.26. The lowest BCUT2D eigenvalue weighted by Crippen LogP contribution is -1.95. The first-order valence-electron chi connectivity index (χ1n) is 11.1. The highest BCUT2D eigenvalue weighted by molar-refractivity contribution is 6.15. The number of nitrogens with one attached hydrogen (secondary N) is 1. The van der Waals surface area contributed by atoms with Gasteiger partial charge in [-0.2, -0.15) is 0 Å². The first kappa shape index (κ1) is 18.1. The highest BCUT2D eigenvalue weighted by atomic mass is 15.0. The predicted molar refractivity (Wildman–Crippen MR) is 137 cm³/mol. The van der Waals surface area contributed by atoms with E-state index < -0.39 is 0 Å². The molecule has 154 valence electrons. The molecule has 0 spiro atoms. The van der Waals surface area contributed by atoms with Gasteiger partial charge in [-0.05, 0) is 27.6 Å². The third-order valence-corrected chi connectivity index (χ3v) is 6.43. The van der Waals surface area contributed by atoms with Gasteiger partial charge in [0.2, 0.25) is 0 Å². The van der Waals surface area contributed by atoms with Crippen molar-refractivity contribution in [3.05, 3.63) is 109 Å². The number of benzene rings is 5.